The summed E-state index contributed by atoms with van der Waals surface area (Å²) >= 11 is 0. The van der Waals surface area contributed by atoms with Crippen molar-refractivity contribution in [2.24, 2.45) is 5.73 Å². The van der Waals surface area contributed by atoms with Gasteiger partial charge in [0, 0.05) is 22.5 Å². The fraction of sp³-hybridized carbons (Fsp3) is 0.0357. The van der Waals surface area contributed by atoms with Crippen LogP contribution >= 0.6 is 0 Å². The highest BCUT2D eigenvalue weighted by Gasteiger charge is 2.12. The number of benzene rings is 4. The molecule has 4 aromatic carbocycles. The van der Waals surface area contributed by atoms with Crippen molar-refractivity contribution < 1.29 is 23.5 Å². The van der Waals surface area contributed by atoms with Crippen molar-refractivity contribution in [3.8, 4) is 5.75 Å². The number of rotatable bonds is 8. The number of para-hydroxylation sites is 1. The molecule has 0 bridgehead atoms. The summed E-state index contributed by atoms with van der Waals surface area (Å²) in [6, 6.07) is 25.5. The Morgan fingerprint density at radius 2 is 1.33 bits per heavy atom. The molecule has 3 amide bonds. The SMILES string of the molecule is NC(=O)c1ccccc1OCc1cccc(C(=O)Nc2cccc(C(=O)Nc3cccc(F)c3)c2)c1. The van der Waals surface area contributed by atoms with Gasteiger partial charge in [-0.25, -0.2) is 4.39 Å². The molecule has 0 spiro atoms. The second-order valence-electron chi connectivity index (χ2n) is 7.85. The second kappa shape index (κ2) is 11.0. The van der Waals surface area contributed by atoms with Crippen molar-refractivity contribution in [3.05, 3.63) is 125 Å². The smallest absolute Gasteiger partial charge is 0.255 e. The van der Waals surface area contributed by atoms with E-state index >= 15 is 0 Å². The number of primary amides is 1. The van der Waals surface area contributed by atoms with Gasteiger partial charge in [-0.1, -0.05) is 36.4 Å². The first-order chi connectivity index (χ1) is 17.4. The maximum Gasteiger partial charge on any atom is 0.255 e. The van der Waals surface area contributed by atoms with Crippen LogP contribution in [0.15, 0.2) is 97.1 Å². The first-order valence-electron chi connectivity index (χ1n) is 11.0. The van der Waals surface area contributed by atoms with Crippen molar-refractivity contribution in [2.75, 3.05) is 10.6 Å². The lowest BCUT2D eigenvalue weighted by Crippen LogP contribution is -2.15. The summed E-state index contributed by atoms with van der Waals surface area (Å²) < 4.78 is 19.1. The average molecular weight is 483 g/mol. The molecule has 0 aliphatic carbocycles. The van der Waals surface area contributed by atoms with E-state index in [2.05, 4.69) is 10.6 Å². The number of anilines is 2. The van der Waals surface area contributed by atoms with Gasteiger partial charge in [0.1, 0.15) is 18.2 Å². The van der Waals surface area contributed by atoms with Crippen LogP contribution in [0.2, 0.25) is 0 Å². The van der Waals surface area contributed by atoms with Gasteiger partial charge in [-0.05, 0) is 66.2 Å². The van der Waals surface area contributed by atoms with Gasteiger partial charge in [-0.3, -0.25) is 14.4 Å². The number of amides is 3. The van der Waals surface area contributed by atoms with Crippen LogP contribution in [0.3, 0.4) is 0 Å². The highest BCUT2D eigenvalue weighted by atomic mass is 19.1. The Morgan fingerprint density at radius 3 is 2.03 bits per heavy atom. The van der Waals surface area contributed by atoms with Crippen LogP contribution in [0.1, 0.15) is 36.6 Å². The minimum absolute atomic E-state index is 0.126. The Kier molecular flexibility index (Phi) is 7.36. The third-order valence-electron chi connectivity index (χ3n) is 5.20. The van der Waals surface area contributed by atoms with Crippen LogP contribution in [0.4, 0.5) is 15.8 Å². The minimum Gasteiger partial charge on any atom is -0.488 e. The van der Waals surface area contributed by atoms with Crippen molar-refractivity contribution >= 4 is 29.1 Å². The van der Waals surface area contributed by atoms with Gasteiger partial charge in [-0.2, -0.15) is 0 Å². The molecular weight excluding hydrogens is 461 g/mol. The van der Waals surface area contributed by atoms with Crippen LogP contribution in [0.5, 0.6) is 5.75 Å². The lowest BCUT2D eigenvalue weighted by molar-refractivity contribution is 0.0992. The first kappa shape index (κ1) is 24.2. The fourth-order valence-corrected chi connectivity index (χ4v) is 3.47. The van der Waals surface area contributed by atoms with Gasteiger partial charge < -0.3 is 21.1 Å². The minimum atomic E-state index is -0.592. The molecule has 0 aromatic heterocycles. The highest BCUT2D eigenvalue weighted by Crippen LogP contribution is 2.20. The zero-order valence-electron chi connectivity index (χ0n) is 19.0. The maximum atomic E-state index is 13.4. The number of hydrogen-bond donors (Lipinski definition) is 3. The number of ether oxygens (including phenoxy) is 1. The van der Waals surface area contributed by atoms with Crippen LogP contribution in [-0.4, -0.2) is 17.7 Å². The largest absolute Gasteiger partial charge is 0.488 e. The molecule has 0 aliphatic rings. The van der Waals surface area contributed by atoms with Gasteiger partial charge in [0.25, 0.3) is 17.7 Å². The Labute approximate surface area is 206 Å². The Bertz CT molecular complexity index is 1440. The van der Waals surface area contributed by atoms with Crippen molar-refractivity contribution in [1.82, 2.24) is 0 Å². The zero-order chi connectivity index (χ0) is 25.5. The summed E-state index contributed by atoms with van der Waals surface area (Å²) in [6.45, 7) is 0.126. The average Bonchev–Trinajstić information content (AvgIpc) is 2.88. The number of nitrogens with two attached hydrogens (primary N) is 1. The molecule has 180 valence electrons. The number of halogens is 1. The van der Waals surface area contributed by atoms with Crippen LogP contribution in [0, 0.1) is 5.82 Å². The standard InChI is InChI=1S/C28H22FN3O4/c29-21-9-5-11-23(16-21)32-28(35)20-8-4-10-22(15-20)31-27(34)19-7-3-6-18(14-19)17-36-25-13-2-1-12-24(25)26(30)33/h1-16H,17H2,(H2,30,33)(H,31,34)(H,32,35). The van der Waals surface area contributed by atoms with Crippen LogP contribution in [-0.2, 0) is 6.61 Å². The summed E-state index contributed by atoms with van der Waals surface area (Å²) in [6.07, 6.45) is 0. The molecule has 0 heterocycles. The van der Waals surface area contributed by atoms with E-state index in [1.54, 1.807) is 72.8 Å². The van der Waals surface area contributed by atoms with Gasteiger partial charge in [0.05, 0.1) is 5.56 Å². The number of hydrogen-bond acceptors (Lipinski definition) is 4. The van der Waals surface area contributed by atoms with Crippen LogP contribution in [0.25, 0.3) is 0 Å². The van der Waals surface area contributed by atoms with Gasteiger partial charge in [-0.15, -0.1) is 0 Å². The summed E-state index contributed by atoms with van der Waals surface area (Å²) in [5.74, 6) is -1.51. The normalized spacial score (nSPS) is 10.4. The van der Waals surface area contributed by atoms with Crippen LogP contribution < -0.4 is 21.1 Å². The summed E-state index contributed by atoms with van der Waals surface area (Å²) in [5, 5.41) is 5.39. The third kappa shape index (κ3) is 6.12. The van der Waals surface area contributed by atoms with E-state index in [1.165, 1.54) is 24.3 Å². The summed E-state index contributed by atoms with van der Waals surface area (Å²) in [5.41, 5.74) is 7.79. The van der Waals surface area contributed by atoms with Crippen molar-refractivity contribution in [1.29, 1.82) is 0 Å². The Morgan fingerprint density at radius 1 is 0.722 bits per heavy atom. The fourth-order valence-electron chi connectivity index (χ4n) is 3.47. The molecule has 4 N–H and O–H groups in total. The third-order valence-corrected chi connectivity index (χ3v) is 5.20. The molecule has 0 atom stereocenters. The molecule has 8 heteroatoms. The van der Waals surface area contributed by atoms with E-state index in [0.717, 1.165) is 0 Å². The molecule has 4 rings (SSSR count). The number of carbonyl (C=O) groups is 3. The van der Waals surface area contributed by atoms with Gasteiger partial charge >= 0.3 is 0 Å². The molecule has 0 saturated heterocycles. The molecule has 0 aliphatic heterocycles. The van der Waals surface area contributed by atoms with E-state index < -0.39 is 17.6 Å². The van der Waals surface area contributed by atoms with Crippen molar-refractivity contribution in [3.63, 3.8) is 0 Å². The van der Waals surface area contributed by atoms with Gasteiger partial charge in [0.15, 0.2) is 0 Å². The molecule has 0 fully saturated rings. The lowest BCUT2D eigenvalue weighted by Gasteiger charge is -2.11. The van der Waals surface area contributed by atoms with E-state index in [-0.39, 0.29) is 18.1 Å². The van der Waals surface area contributed by atoms with Gasteiger partial charge in [0.2, 0.25) is 0 Å². The molecule has 36 heavy (non-hydrogen) atoms. The molecule has 0 saturated carbocycles. The number of carbonyl (C=O) groups excluding carboxylic acids is 3. The molecular formula is C28H22FN3O4. The first-order valence-corrected chi connectivity index (χ1v) is 11.0. The van der Waals surface area contributed by atoms with E-state index in [1.807, 2.05) is 0 Å². The topological polar surface area (TPSA) is 111 Å². The molecule has 0 radical (unpaired) electrons. The second-order valence-corrected chi connectivity index (χ2v) is 7.85. The lowest BCUT2D eigenvalue weighted by atomic mass is 10.1. The van der Waals surface area contributed by atoms with Crippen molar-refractivity contribution in [2.45, 2.75) is 6.61 Å². The highest BCUT2D eigenvalue weighted by molar-refractivity contribution is 6.07. The van der Waals surface area contributed by atoms with E-state index in [4.69, 9.17) is 10.5 Å². The molecule has 0 unspecified atom stereocenters. The quantitative estimate of drug-likeness (QED) is 0.327. The van der Waals surface area contributed by atoms with E-state index in [0.29, 0.717) is 33.8 Å². The maximum absolute atomic E-state index is 13.4. The molecule has 7 nitrogen and oxygen atoms in total. The Hall–Kier alpha value is -4.98. The zero-order valence-corrected chi connectivity index (χ0v) is 19.0. The summed E-state index contributed by atoms with van der Waals surface area (Å²) in [7, 11) is 0. The monoisotopic (exact) mass is 483 g/mol. The Balaban J connectivity index is 1.42. The summed E-state index contributed by atoms with van der Waals surface area (Å²) in [4.78, 5) is 37.0. The van der Waals surface area contributed by atoms with E-state index in [9.17, 15) is 18.8 Å². The predicted molar refractivity (Wildman–Crippen MR) is 134 cm³/mol. The molecule has 4 aromatic rings. The number of nitrogens with one attached hydrogen (secondary N) is 2. The predicted octanol–water partition coefficient (Wildman–Crippen LogP) is 5.01.